The van der Waals surface area contributed by atoms with Crippen molar-refractivity contribution in [3.05, 3.63) is 0 Å². The van der Waals surface area contributed by atoms with Gasteiger partial charge in [0.15, 0.2) is 0 Å². The molecule has 2 nitrogen and oxygen atoms in total. The van der Waals surface area contributed by atoms with Crippen LogP contribution in [0.15, 0.2) is 0 Å². The second kappa shape index (κ2) is 5.06. The Labute approximate surface area is 53.8 Å². The average Bonchev–Trinajstić information content (AvgIpc) is 1.66. The van der Waals surface area contributed by atoms with Gasteiger partial charge in [0, 0.05) is 6.42 Å². The van der Waals surface area contributed by atoms with Gasteiger partial charge in [-0.2, -0.15) is 0 Å². The Kier molecular flexibility index (Phi) is 5.01. The van der Waals surface area contributed by atoms with Gasteiger partial charge < -0.3 is 9.53 Å². The average molecular weight is 137 g/mol. The zero-order valence-corrected chi connectivity index (χ0v) is 5.52. The Hall–Kier alpha value is -0.0800. The molecule has 0 aromatic rings. The first-order valence-corrected chi connectivity index (χ1v) is 2.90. The van der Waals surface area contributed by atoms with Crippen molar-refractivity contribution in [2.45, 2.75) is 18.9 Å². The molecule has 1 atom stereocenters. The van der Waals surface area contributed by atoms with Crippen LogP contribution >= 0.6 is 11.6 Å². The third-order valence-corrected chi connectivity index (χ3v) is 0.709. The van der Waals surface area contributed by atoms with Crippen LogP contribution in [0.4, 0.5) is 0 Å². The van der Waals surface area contributed by atoms with Crippen LogP contribution in [-0.2, 0) is 9.53 Å². The van der Waals surface area contributed by atoms with E-state index in [-0.39, 0.29) is 5.56 Å². The van der Waals surface area contributed by atoms with Gasteiger partial charge in [0.2, 0.25) is 0 Å². The summed E-state index contributed by atoms with van der Waals surface area (Å²) >= 11 is 5.38. The maximum absolute atomic E-state index is 9.66. The summed E-state index contributed by atoms with van der Waals surface area (Å²) in [5.41, 5.74) is -0.282. The number of carbonyl (C=O) groups is 1. The van der Waals surface area contributed by atoms with Gasteiger partial charge in [0.05, 0.1) is 6.61 Å². The Balaban J connectivity index is 2.81. The first-order valence-electron chi connectivity index (χ1n) is 2.46. The third-order valence-electron chi connectivity index (χ3n) is 0.583. The van der Waals surface area contributed by atoms with Gasteiger partial charge in [-0.1, -0.05) is 11.6 Å². The molecule has 0 N–H and O–H groups in total. The number of alkyl halides is 1. The van der Waals surface area contributed by atoms with Crippen LogP contribution in [0, 0.1) is 0 Å². The molecule has 3 heteroatoms. The highest BCUT2D eigenvalue weighted by molar-refractivity contribution is 6.19. The lowest BCUT2D eigenvalue weighted by molar-refractivity contribution is -0.108. The highest BCUT2D eigenvalue weighted by atomic mass is 35.5. The second-order valence-electron chi connectivity index (χ2n) is 1.37. The minimum Gasteiger partial charge on any atom is -0.362 e. The molecule has 0 amide bonds. The number of rotatable bonds is 4. The van der Waals surface area contributed by atoms with Crippen molar-refractivity contribution in [2.75, 3.05) is 6.61 Å². The van der Waals surface area contributed by atoms with E-state index in [1.807, 2.05) is 0 Å². The maximum atomic E-state index is 9.66. The molecule has 0 rings (SSSR count). The van der Waals surface area contributed by atoms with E-state index in [1.165, 1.54) is 0 Å². The van der Waals surface area contributed by atoms with Crippen LogP contribution < -0.4 is 0 Å². The second-order valence-corrected chi connectivity index (χ2v) is 1.98. The van der Waals surface area contributed by atoms with Crippen LogP contribution in [0.3, 0.4) is 0 Å². The Bertz CT molecular complexity index is 63.4. The summed E-state index contributed by atoms with van der Waals surface area (Å²) < 4.78 is 4.82. The Morgan fingerprint density at radius 3 is 2.88 bits per heavy atom. The number of hydrogen-bond donors (Lipinski definition) is 0. The fourth-order valence-corrected chi connectivity index (χ4v) is 0.368. The molecule has 0 saturated heterocycles. The largest absolute Gasteiger partial charge is 0.362 e. The lowest BCUT2D eigenvalue weighted by Crippen LogP contribution is -2.00. The number of hydrogen-bond acceptors (Lipinski definition) is 2. The van der Waals surface area contributed by atoms with Crippen molar-refractivity contribution < 1.29 is 9.53 Å². The lowest BCUT2D eigenvalue weighted by atomic mass is 10.5. The summed E-state index contributed by atoms with van der Waals surface area (Å²) in [5.74, 6) is 0. The number of halogens is 1. The van der Waals surface area contributed by atoms with Gasteiger partial charge in [-0.05, 0) is 6.92 Å². The predicted octanol–water partition coefficient (Wildman–Crippen LogP) is 1.18. The van der Waals surface area contributed by atoms with Crippen molar-refractivity contribution in [1.29, 1.82) is 0 Å². The zero-order chi connectivity index (χ0) is 6.41. The van der Waals surface area contributed by atoms with E-state index in [1.54, 1.807) is 6.92 Å². The SMILES string of the molecule is CC(Cl)OCCC=O. The van der Waals surface area contributed by atoms with E-state index in [9.17, 15) is 4.79 Å². The molecular formula is C5H9ClO2. The van der Waals surface area contributed by atoms with Crippen LogP contribution in [0.2, 0.25) is 0 Å². The number of aldehydes is 1. The van der Waals surface area contributed by atoms with Gasteiger partial charge in [-0.15, -0.1) is 0 Å². The molecule has 0 bridgehead atoms. The molecule has 0 saturated carbocycles. The van der Waals surface area contributed by atoms with Crippen LogP contribution in [0.5, 0.6) is 0 Å². The predicted molar refractivity (Wildman–Crippen MR) is 31.9 cm³/mol. The van der Waals surface area contributed by atoms with Gasteiger partial charge in [0.25, 0.3) is 0 Å². The summed E-state index contributed by atoms with van der Waals surface area (Å²) in [7, 11) is 0. The van der Waals surface area contributed by atoms with E-state index in [0.717, 1.165) is 6.29 Å². The quantitative estimate of drug-likeness (QED) is 0.330. The molecule has 1 unspecified atom stereocenters. The Morgan fingerprint density at radius 1 is 1.88 bits per heavy atom. The minimum atomic E-state index is -0.282. The third kappa shape index (κ3) is 5.92. The van der Waals surface area contributed by atoms with Crippen molar-refractivity contribution in [1.82, 2.24) is 0 Å². The smallest absolute Gasteiger partial charge is 0.128 e. The normalized spacial score (nSPS) is 13.2. The number of carbonyl (C=O) groups excluding carboxylic acids is 1. The number of ether oxygens (including phenoxy) is 1. The van der Waals surface area contributed by atoms with E-state index >= 15 is 0 Å². The van der Waals surface area contributed by atoms with Gasteiger partial charge in [-0.25, -0.2) is 0 Å². The summed E-state index contributed by atoms with van der Waals surface area (Å²) in [6.45, 7) is 2.14. The standard InChI is InChI=1S/C5H9ClO2/c1-5(6)8-4-2-3-7/h3,5H,2,4H2,1H3. The maximum Gasteiger partial charge on any atom is 0.128 e. The molecule has 0 aliphatic rings. The summed E-state index contributed by atoms with van der Waals surface area (Å²) in [6.07, 6.45) is 1.23. The van der Waals surface area contributed by atoms with Crippen molar-refractivity contribution >= 4 is 17.9 Å². The van der Waals surface area contributed by atoms with Crippen LogP contribution in [-0.4, -0.2) is 18.5 Å². The minimum absolute atomic E-state index is 0.282. The van der Waals surface area contributed by atoms with E-state index < -0.39 is 0 Å². The molecule has 0 aliphatic heterocycles. The van der Waals surface area contributed by atoms with Crippen molar-refractivity contribution in [2.24, 2.45) is 0 Å². The summed E-state index contributed by atoms with van der Waals surface area (Å²) in [6, 6.07) is 0. The van der Waals surface area contributed by atoms with Crippen molar-refractivity contribution in [3.8, 4) is 0 Å². The lowest BCUT2D eigenvalue weighted by Gasteiger charge is -2.00. The topological polar surface area (TPSA) is 26.3 Å². The fourth-order valence-electron chi connectivity index (χ4n) is 0.279. The van der Waals surface area contributed by atoms with E-state index in [0.29, 0.717) is 13.0 Å². The first kappa shape index (κ1) is 7.92. The molecule has 0 aromatic heterocycles. The monoisotopic (exact) mass is 136 g/mol. The highest BCUT2D eigenvalue weighted by Gasteiger charge is 1.91. The molecule has 0 aliphatic carbocycles. The molecule has 0 fully saturated rings. The van der Waals surface area contributed by atoms with Crippen LogP contribution in [0.25, 0.3) is 0 Å². The highest BCUT2D eigenvalue weighted by Crippen LogP contribution is 1.94. The fraction of sp³-hybridized carbons (Fsp3) is 0.800. The molecule has 0 aromatic carbocycles. The Morgan fingerprint density at radius 2 is 2.50 bits per heavy atom. The molecule has 8 heavy (non-hydrogen) atoms. The molecule has 0 heterocycles. The zero-order valence-electron chi connectivity index (χ0n) is 4.76. The van der Waals surface area contributed by atoms with Crippen molar-refractivity contribution in [3.63, 3.8) is 0 Å². The molecule has 48 valence electrons. The summed E-state index contributed by atoms with van der Waals surface area (Å²) in [5, 5.41) is 0. The first-order chi connectivity index (χ1) is 3.77. The van der Waals surface area contributed by atoms with Gasteiger partial charge in [0.1, 0.15) is 11.8 Å². The molecular weight excluding hydrogens is 128 g/mol. The van der Waals surface area contributed by atoms with E-state index in [4.69, 9.17) is 16.3 Å². The van der Waals surface area contributed by atoms with Crippen LogP contribution in [0.1, 0.15) is 13.3 Å². The van der Waals surface area contributed by atoms with Gasteiger partial charge >= 0.3 is 0 Å². The molecule has 0 radical (unpaired) electrons. The van der Waals surface area contributed by atoms with E-state index in [2.05, 4.69) is 0 Å². The molecule has 0 spiro atoms. The van der Waals surface area contributed by atoms with Gasteiger partial charge in [-0.3, -0.25) is 0 Å². The summed E-state index contributed by atoms with van der Waals surface area (Å²) in [4.78, 5) is 9.66.